The number of aryl methyl sites for hydroxylation is 1. The fourth-order valence-corrected chi connectivity index (χ4v) is 4.31. The van der Waals surface area contributed by atoms with E-state index < -0.39 is 5.91 Å². The summed E-state index contributed by atoms with van der Waals surface area (Å²) in [5.41, 5.74) is 4.53. The van der Waals surface area contributed by atoms with Crippen molar-refractivity contribution in [3.8, 4) is 22.6 Å². The predicted octanol–water partition coefficient (Wildman–Crippen LogP) is 6.52. The van der Waals surface area contributed by atoms with E-state index >= 15 is 0 Å². The Hall–Kier alpha value is -4.42. The first-order valence-electron chi connectivity index (χ1n) is 11.3. The second kappa shape index (κ2) is 9.68. The van der Waals surface area contributed by atoms with Crippen LogP contribution in [0.1, 0.15) is 21.5 Å². The molecule has 0 aliphatic rings. The number of rotatable bonds is 5. The molecule has 7 heteroatoms. The molecular weight excluding hydrogens is 474 g/mol. The number of carbonyl (C=O) groups excluding carboxylic acids is 1. The molecule has 36 heavy (non-hydrogen) atoms. The van der Waals surface area contributed by atoms with Crippen LogP contribution in [-0.2, 0) is 6.54 Å². The summed E-state index contributed by atoms with van der Waals surface area (Å²) in [6.07, 6.45) is 5.13. The smallest absolute Gasteiger partial charge is 0.262 e. The molecule has 2 heterocycles. The lowest BCUT2D eigenvalue weighted by atomic mass is 10.00. The average molecular weight is 496 g/mol. The van der Waals surface area contributed by atoms with Crippen LogP contribution in [0.4, 0.5) is 5.69 Å². The van der Waals surface area contributed by atoms with Gasteiger partial charge in [-0.15, -0.1) is 0 Å². The largest absolute Gasteiger partial charge is 0.508 e. The molecule has 178 valence electrons. The Balaban J connectivity index is 1.50. The number of aromatic hydroxyl groups is 2. The number of phenols is 2. The van der Waals surface area contributed by atoms with Crippen molar-refractivity contribution in [2.24, 2.45) is 0 Å². The van der Waals surface area contributed by atoms with Crippen LogP contribution in [0, 0.1) is 6.92 Å². The Bertz CT molecular complexity index is 1570. The maximum absolute atomic E-state index is 13.5. The van der Waals surface area contributed by atoms with Gasteiger partial charge in [0.05, 0.1) is 12.1 Å². The monoisotopic (exact) mass is 495 g/mol. The Morgan fingerprint density at radius 3 is 2.44 bits per heavy atom. The minimum Gasteiger partial charge on any atom is -0.508 e. The number of halogens is 1. The maximum atomic E-state index is 13.5. The summed E-state index contributed by atoms with van der Waals surface area (Å²) >= 11 is 6.16. The molecule has 2 aromatic heterocycles. The fourth-order valence-electron chi connectivity index (χ4n) is 4.16. The molecule has 6 nitrogen and oxygen atoms in total. The first kappa shape index (κ1) is 23.3. The number of benzene rings is 3. The van der Waals surface area contributed by atoms with Crippen LogP contribution in [0.5, 0.6) is 11.5 Å². The van der Waals surface area contributed by atoms with E-state index in [2.05, 4.69) is 16.0 Å². The van der Waals surface area contributed by atoms with Crippen molar-refractivity contribution >= 4 is 34.0 Å². The first-order valence-corrected chi connectivity index (χ1v) is 11.7. The number of nitrogens with zero attached hydrogens (tertiary/aromatic N) is 3. The molecular formula is C29H22ClN3O3. The molecule has 0 unspecified atom stereocenters. The number of amides is 1. The number of pyridine rings is 2. The van der Waals surface area contributed by atoms with Crippen molar-refractivity contribution < 1.29 is 15.0 Å². The zero-order chi connectivity index (χ0) is 25.2. The molecule has 0 spiro atoms. The van der Waals surface area contributed by atoms with Crippen LogP contribution in [0.15, 0.2) is 91.4 Å². The van der Waals surface area contributed by atoms with E-state index in [4.69, 9.17) is 11.6 Å². The normalized spacial score (nSPS) is 10.9. The van der Waals surface area contributed by atoms with E-state index in [1.807, 2.05) is 55.5 Å². The number of hydrogen-bond donors (Lipinski definition) is 2. The van der Waals surface area contributed by atoms with Gasteiger partial charge in [0.15, 0.2) is 0 Å². The van der Waals surface area contributed by atoms with E-state index in [1.165, 1.54) is 12.1 Å². The van der Waals surface area contributed by atoms with Crippen molar-refractivity contribution in [2.45, 2.75) is 13.5 Å². The number of hydrogen-bond acceptors (Lipinski definition) is 5. The van der Waals surface area contributed by atoms with E-state index in [1.54, 1.807) is 23.5 Å². The van der Waals surface area contributed by atoms with Gasteiger partial charge in [-0.3, -0.25) is 9.78 Å². The average Bonchev–Trinajstić information content (AvgIpc) is 2.90. The Morgan fingerprint density at radius 1 is 0.944 bits per heavy atom. The number of phenolic OH excluding ortho intramolecular Hbond substituents is 2. The lowest BCUT2D eigenvalue weighted by molar-refractivity contribution is 0.0982. The summed E-state index contributed by atoms with van der Waals surface area (Å²) in [6, 6.07) is 21.4. The van der Waals surface area contributed by atoms with Gasteiger partial charge >= 0.3 is 0 Å². The van der Waals surface area contributed by atoms with Crippen LogP contribution in [0.2, 0.25) is 5.15 Å². The van der Waals surface area contributed by atoms with Gasteiger partial charge in [-0.05, 0) is 71.0 Å². The molecule has 0 saturated carbocycles. The molecule has 1 amide bonds. The molecule has 0 fully saturated rings. The number of aromatic nitrogens is 2. The highest BCUT2D eigenvalue weighted by Crippen LogP contribution is 2.31. The topological polar surface area (TPSA) is 86.6 Å². The molecule has 0 saturated heterocycles. The van der Waals surface area contributed by atoms with Gasteiger partial charge in [-0.25, -0.2) is 4.98 Å². The molecule has 5 aromatic rings. The van der Waals surface area contributed by atoms with Crippen LogP contribution >= 0.6 is 11.6 Å². The lowest BCUT2D eigenvalue weighted by Gasteiger charge is -2.24. The standard InChI is InChI=1S/C29H22ClN3O3/c1-18-25-10-6-21(13-22(25)16-32-28(18)30)20-4-7-23(8-5-20)33(17-19-3-2-12-31-15-19)29(36)26-11-9-24(34)14-27(26)35/h2-16,34-35H,17H2,1H3. The van der Waals surface area contributed by atoms with Gasteiger partial charge < -0.3 is 15.1 Å². The summed E-state index contributed by atoms with van der Waals surface area (Å²) in [6.45, 7) is 2.21. The molecule has 2 N–H and O–H groups in total. The van der Waals surface area contributed by atoms with Gasteiger partial charge in [0.1, 0.15) is 16.7 Å². The number of anilines is 1. The Morgan fingerprint density at radius 2 is 1.72 bits per heavy atom. The van der Waals surface area contributed by atoms with Crippen LogP contribution < -0.4 is 4.90 Å². The second-order valence-corrected chi connectivity index (χ2v) is 8.83. The van der Waals surface area contributed by atoms with Crippen molar-refractivity contribution in [1.82, 2.24) is 9.97 Å². The van der Waals surface area contributed by atoms with Gasteiger partial charge in [-0.2, -0.15) is 0 Å². The Labute approximate surface area is 213 Å². The van der Waals surface area contributed by atoms with E-state index in [9.17, 15) is 15.0 Å². The second-order valence-electron chi connectivity index (χ2n) is 8.48. The summed E-state index contributed by atoms with van der Waals surface area (Å²) < 4.78 is 0. The molecule has 3 aromatic carbocycles. The van der Waals surface area contributed by atoms with Crippen molar-refractivity contribution in [3.63, 3.8) is 0 Å². The third-order valence-corrected chi connectivity index (χ3v) is 6.50. The zero-order valence-corrected chi connectivity index (χ0v) is 20.1. The van der Waals surface area contributed by atoms with Gasteiger partial charge in [0.25, 0.3) is 5.91 Å². The quantitative estimate of drug-likeness (QED) is 0.271. The van der Waals surface area contributed by atoms with E-state index in [0.29, 0.717) is 10.8 Å². The maximum Gasteiger partial charge on any atom is 0.262 e. The highest BCUT2D eigenvalue weighted by atomic mass is 35.5. The molecule has 0 atom stereocenters. The zero-order valence-electron chi connectivity index (χ0n) is 19.4. The van der Waals surface area contributed by atoms with E-state index in [-0.39, 0.29) is 23.6 Å². The first-order chi connectivity index (χ1) is 17.4. The van der Waals surface area contributed by atoms with Crippen molar-refractivity contribution in [3.05, 3.63) is 113 Å². The number of carbonyl (C=O) groups is 1. The summed E-state index contributed by atoms with van der Waals surface area (Å²) in [4.78, 5) is 23.5. The summed E-state index contributed by atoms with van der Waals surface area (Å²) in [5, 5.41) is 22.5. The van der Waals surface area contributed by atoms with Crippen LogP contribution in [0.3, 0.4) is 0 Å². The van der Waals surface area contributed by atoms with Crippen LogP contribution in [0.25, 0.3) is 21.9 Å². The SMILES string of the molecule is Cc1c(Cl)ncc2cc(-c3ccc(N(Cc4cccnc4)C(=O)c4ccc(O)cc4O)cc3)ccc12. The fraction of sp³-hybridized carbons (Fsp3) is 0.0690. The highest BCUT2D eigenvalue weighted by molar-refractivity contribution is 6.31. The highest BCUT2D eigenvalue weighted by Gasteiger charge is 2.22. The van der Waals surface area contributed by atoms with Crippen molar-refractivity contribution in [2.75, 3.05) is 4.90 Å². The predicted molar refractivity (Wildman–Crippen MR) is 141 cm³/mol. The molecule has 0 bridgehead atoms. The number of fused-ring (bicyclic) bond motifs is 1. The summed E-state index contributed by atoms with van der Waals surface area (Å²) in [7, 11) is 0. The van der Waals surface area contributed by atoms with E-state index in [0.717, 1.165) is 39.1 Å². The lowest BCUT2D eigenvalue weighted by Crippen LogP contribution is -2.30. The molecule has 0 aliphatic carbocycles. The summed E-state index contributed by atoms with van der Waals surface area (Å²) in [5.74, 6) is -0.795. The Kier molecular flexibility index (Phi) is 6.27. The van der Waals surface area contributed by atoms with Crippen molar-refractivity contribution in [1.29, 1.82) is 0 Å². The van der Waals surface area contributed by atoms with Gasteiger partial charge in [0, 0.05) is 35.7 Å². The minimum absolute atomic E-state index is 0.0943. The third-order valence-electron chi connectivity index (χ3n) is 6.11. The van der Waals surface area contributed by atoms with Gasteiger partial charge in [0.2, 0.25) is 0 Å². The minimum atomic E-state index is -0.395. The van der Waals surface area contributed by atoms with Crippen LogP contribution in [-0.4, -0.2) is 26.1 Å². The molecule has 0 aliphatic heterocycles. The third kappa shape index (κ3) is 4.59. The molecule has 0 radical (unpaired) electrons. The van der Waals surface area contributed by atoms with Gasteiger partial charge in [-0.1, -0.05) is 41.9 Å². The molecule has 5 rings (SSSR count).